The largest absolute Gasteiger partial charge is 0.247 e. The number of pyridine rings is 1. The van der Waals surface area contributed by atoms with Crippen molar-refractivity contribution in [3.05, 3.63) is 77.9 Å². The molecule has 3 nitrogen and oxygen atoms in total. The van der Waals surface area contributed by atoms with Crippen LogP contribution in [0.5, 0.6) is 0 Å². The maximum Gasteiger partial charge on any atom is 0.0991 e. The molecule has 3 aromatic carbocycles. The summed E-state index contributed by atoms with van der Waals surface area (Å²) in [7, 11) is 0. The number of nitrogens with zero attached hydrogens (tertiary/aromatic N) is 3. The first-order chi connectivity index (χ1) is 11.8. The van der Waals surface area contributed by atoms with E-state index < -0.39 is 0 Å². The van der Waals surface area contributed by atoms with Gasteiger partial charge in [-0.3, -0.25) is 0 Å². The number of fused-ring (bicyclic) bond motifs is 3. The molecule has 0 bridgehead atoms. The van der Waals surface area contributed by atoms with E-state index in [-0.39, 0.29) is 0 Å². The van der Waals surface area contributed by atoms with Gasteiger partial charge in [-0.25, -0.2) is 4.98 Å². The van der Waals surface area contributed by atoms with Gasteiger partial charge in [-0.1, -0.05) is 36.4 Å². The summed E-state index contributed by atoms with van der Waals surface area (Å²) in [6.07, 6.45) is 0. The minimum atomic E-state index is 0.621. The molecule has 1 heterocycles. The molecular formula is C21H11N3. The normalized spacial score (nSPS) is 10.4. The van der Waals surface area contributed by atoms with Gasteiger partial charge in [-0.2, -0.15) is 10.5 Å². The molecular weight excluding hydrogens is 294 g/mol. The average molecular weight is 305 g/mol. The lowest BCUT2D eigenvalue weighted by Gasteiger charge is -2.10. The monoisotopic (exact) mass is 305 g/mol. The Bertz CT molecular complexity index is 1160. The fourth-order valence-corrected chi connectivity index (χ4v) is 2.95. The van der Waals surface area contributed by atoms with Crippen LogP contribution in [0.4, 0.5) is 0 Å². The van der Waals surface area contributed by atoms with Gasteiger partial charge < -0.3 is 0 Å². The van der Waals surface area contributed by atoms with Crippen molar-refractivity contribution in [1.82, 2.24) is 4.98 Å². The summed E-state index contributed by atoms with van der Waals surface area (Å²) in [5.41, 5.74) is 3.95. The van der Waals surface area contributed by atoms with Gasteiger partial charge >= 0.3 is 0 Å². The second-order valence-electron chi connectivity index (χ2n) is 5.54. The molecule has 0 saturated carbocycles. The van der Waals surface area contributed by atoms with E-state index in [1.54, 1.807) is 12.1 Å². The molecule has 1 aromatic heterocycles. The zero-order valence-corrected chi connectivity index (χ0v) is 12.7. The fraction of sp³-hybridized carbons (Fsp3) is 0. The maximum absolute atomic E-state index is 9.22. The summed E-state index contributed by atoms with van der Waals surface area (Å²) in [6.45, 7) is 0. The molecule has 0 N–H and O–H groups in total. The average Bonchev–Trinajstić information content (AvgIpc) is 2.67. The number of nitriles is 2. The third-order valence-corrected chi connectivity index (χ3v) is 4.12. The standard InChI is InChI=1S/C21H11N3/c22-12-14-5-8-16(9-6-14)21-18-10-7-15(13-23)11-19(18)17-3-1-2-4-20(17)24-21/h1-11H. The van der Waals surface area contributed by atoms with Crippen LogP contribution in [0.1, 0.15) is 11.1 Å². The Morgan fingerprint density at radius 2 is 1.38 bits per heavy atom. The first kappa shape index (κ1) is 13.9. The Morgan fingerprint density at radius 1 is 0.667 bits per heavy atom. The third-order valence-electron chi connectivity index (χ3n) is 4.12. The van der Waals surface area contributed by atoms with E-state index in [2.05, 4.69) is 12.1 Å². The van der Waals surface area contributed by atoms with Crippen LogP contribution in [-0.4, -0.2) is 4.98 Å². The maximum atomic E-state index is 9.22. The lowest BCUT2D eigenvalue weighted by Crippen LogP contribution is -1.90. The number of rotatable bonds is 1. The smallest absolute Gasteiger partial charge is 0.0991 e. The number of para-hydroxylation sites is 1. The molecule has 0 aliphatic rings. The topological polar surface area (TPSA) is 60.5 Å². The second-order valence-corrected chi connectivity index (χ2v) is 5.54. The van der Waals surface area contributed by atoms with Crippen molar-refractivity contribution < 1.29 is 0 Å². The van der Waals surface area contributed by atoms with Crippen LogP contribution in [0, 0.1) is 22.7 Å². The second kappa shape index (κ2) is 5.50. The van der Waals surface area contributed by atoms with Gasteiger partial charge in [-0.05, 0) is 35.7 Å². The fourth-order valence-electron chi connectivity index (χ4n) is 2.95. The van der Waals surface area contributed by atoms with E-state index in [4.69, 9.17) is 10.2 Å². The van der Waals surface area contributed by atoms with Crippen LogP contribution in [0.3, 0.4) is 0 Å². The number of hydrogen-bond acceptors (Lipinski definition) is 3. The van der Waals surface area contributed by atoms with Crippen molar-refractivity contribution in [2.45, 2.75) is 0 Å². The Labute approximate surface area is 139 Å². The quantitative estimate of drug-likeness (QED) is 0.475. The number of hydrogen-bond donors (Lipinski definition) is 0. The van der Waals surface area contributed by atoms with Gasteiger partial charge in [0.2, 0.25) is 0 Å². The molecule has 4 aromatic rings. The lowest BCUT2D eigenvalue weighted by molar-refractivity contribution is 1.41. The van der Waals surface area contributed by atoms with E-state index >= 15 is 0 Å². The summed E-state index contributed by atoms with van der Waals surface area (Å²) in [5.74, 6) is 0. The lowest BCUT2D eigenvalue weighted by atomic mass is 9.98. The molecule has 3 heteroatoms. The molecule has 0 unspecified atom stereocenters. The van der Waals surface area contributed by atoms with Crippen LogP contribution in [0.25, 0.3) is 32.9 Å². The van der Waals surface area contributed by atoms with Crippen LogP contribution in [0.15, 0.2) is 66.7 Å². The highest BCUT2D eigenvalue weighted by Gasteiger charge is 2.11. The predicted octanol–water partition coefficient (Wildman–Crippen LogP) is 4.80. The number of aromatic nitrogens is 1. The Balaban J connectivity index is 2.10. The molecule has 0 spiro atoms. The van der Waals surface area contributed by atoms with E-state index in [1.165, 1.54) is 0 Å². The zero-order chi connectivity index (χ0) is 16.5. The Hall–Kier alpha value is -3.69. The molecule has 0 fully saturated rings. The van der Waals surface area contributed by atoms with Crippen molar-refractivity contribution >= 4 is 21.7 Å². The highest BCUT2D eigenvalue weighted by atomic mass is 14.7. The summed E-state index contributed by atoms with van der Waals surface area (Å²) < 4.78 is 0. The number of benzene rings is 3. The van der Waals surface area contributed by atoms with Crippen LogP contribution >= 0.6 is 0 Å². The molecule has 0 aliphatic carbocycles. The van der Waals surface area contributed by atoms with E-state index in [0.29, 0.717) is 11.1 Å². The predicted molar refractivity (Wildman–Crippen MR) is 94.1 cm³/mol. The SMILES string of the molecule is N#Cc1ccc(-c2nc3ccccc3c3cc(C#N)ccc23)cc1. The Morgan fingerprint density at radius 3 is 2.12 bits per heavy atom. The van der Waals surface area contributed by atoms with Crippen molar-refractivity contribution in [3.63, 3.8) is 0 Å². The minimum Gasteiger partial charge on any atom is -0.247 e. The van der Waals surface area contributed by atoms with E-state index in [1.807, 2.05) is 54.6 Å². The highest BCUT2D eigenvalue weighted by Crippen LogP contribution is 2.32. The van der Waals surface area contributed by atoms with Crippen LogP contribution < -0.4 is 0 Å². The van der Waals surface area contributed by atoms with Gasteiger partial charge in [0, 0.05) is 16.3 Å². The molecule has 0 saturated heterocycles. The molecule has 0 amide bonds. The zero-order valence-electron chi connectivity index (χ0n) is 12.7. The molecule has 24 heavy (non-hydrogen) atoms. The molecule has 110 valence electrons. The first-order valence-corrected chi connectivity index (χ1v) is 7.53. The summed E-state index contributed by atoms with van der Waals surface area (Å²) in [5, 5.41) is 21.2. The molecule has 0 radical (unpaired) electrons. The van der Waals surface area contributed by atoms with Crippen LogP contribution in [-0.2, 0) is 0 Å². The van der Waals surface area contributed by atoms with Gasteiger partial charge in [0.15, 0.2) is 0 Å². The molecule has 0 atom stereocenters. The van der Waals surface area contributed by atoms with Gasteiger partial charge in [0.05, 0.1) is 34.5 Å². The van der Waals surface area contributed by atoms with Gasteiger partial charge in [0.1, 0.15) is 0 Å². The highest BCUT2D eigenvalue weighted by molar-refractivity contribution is 6.11. The summed E-state index contributed by atoms with van der Waals surface area (Å²) in [4.78, 5) is 4.82. The first-order valence-electron chi connectivity index (χ1n) is 7.53. The van der Waals surface area contributed by atoms with Crippen molar-refractivity contribution in [1.29, 1.82) is 10.5 Å². The molecule has 0 aliphatic heterocycles. The Kier molecular flexibility index (Phi) is 3.19. The van der Waals surface area contributed by atoms with Gasteiger partial charge in [0.25, 0.3) is 0 Å². The van der Waals surface area contributed by atoms with Crippen molar-refractivity contribution in [2.75, 3.05) is 0 Å². The van der Waals surface area contributed by atoms with Crippen molar-refractivity contribution in [2.24, 2.45) is 0 Å². The van der Waals surface area contributed by atoms with Crippen molar-refractivity contribution in [3.8, 4) is 23.4 Å². The summed E-state index contributed by atoms with van der Waals surface area (Å²) in [6, 6.07) is 25.3. The van der Waals surface area contributed by atoms with Crippen LogP contribution in [0.2, 0.25) is 0 Å². The van der Waals surface area contributed by atoms with E-state index in [9.17, 15) is 5.26 Å². The summed E-state index contributed by atoms with van der Waals surface area (Å²) >= 11 is 0. The minimum absolute atomic E-state index is 0.621. The molecule has 4 rings (SSSR count). The third kappa shape index (κ3) is 2.17. The van der Waals surface area contributed by atoms with E-state index in [0.717, 1.165) is 32.9 Å². The van der Waals surface area contributed by atoms with Gasteiger partial charge in [-0.15, -0.1) is 0 Å².